The van der Waals surface area contributed by atoms with Crippen molar-refractivity contribution in [3.63, 3.8) is 0 Å². The molecule has 0 N–H and O–H groups in total. The van der Waals surface area contributed by atoms with Gasteiger partial charge in [0, 0.05) is 5.92 Å². The van der Waals surface area contributed by atoms with Crippen LogP contribution in [0.25, 0.3) is 0 Å². The van der Waals surface area contributed by atoms with E-state index in [1.165, 1.54) is 20.4 Å². The molecule has 1 rings (SSSR count). The van der Waals surface area contributed by atoms with Gasteiger partial charge in [0.1, 0.15) is 0 Å². The van der Waals surface area contributed by atoms with E-state index in [-0.39, 0.29) is 29.2 Å². The lowest BCUT2D eigenvalue weighted by atomic mass is 9.92. The van der Waals surface area contributed by atoms with Crippen molar-refractivity contribution >= 4 is 5.78 Å². The van der Waals surface area contributed by atoms with Crippen molar-refractivity contribution in [2.24, 2.45) is 11.8 Å². The highest BCUT2D eigenvalue weighted by Gasteiger charge is 2.24. The number of methoxy groups -OCH3 is 2. The number of aromatic nitrogens is 2. The summed E-state index contributed by atoms with van der Waals surface area (Å²) in [5.41, 5.74) is 0.259. The van der Waals surface area contributed by atoms with Gasteiger partial charge in [-0.05, 0) is 5.92 Å². The number of Topliss-reactive ketones (excluding diaryl/α,β-unsaturated/α-hetero) is 1. The molecule has 5 nitrogen and oxygen atoms in total. The molecule has 17 heavy (non-hydrogen) atoms. The van der Waals surface area contributed by atoms with E-state index >= 15 is 0 Å². The molecule has 0 aliphatic heterocycles. The van der Waals surface area contributed by atoms with Gasteiger partial charge in [0.05, 0.1) is 20.4 Å². The highest BCUT2D eigenvalue weighted by molar-refractivity contribution is 5.97. The van der Waals surface area contributed by atoms with E-state index in [1.807, 2.05) is 20.8 Å². The van der Waals surface area contributed by atoms with Crippen molar-refractivity contribution in [1.82, 2.24) is 9.97 Å². The number of hydrogen-bond donors (Lipinski definition) is 0. The summed E-state index contributed by atoms with van der Waals surface area (Å²) < 4.78 is 10.00. The minimum atomic E-state index is -0.119. The Kier molecular flexibility index (Phi) is 4.43. The zero-order valence-electron chi connectivity index (χ0n) is 10.9. The molecule has 0 amide bonds. The first-order valence-electron chi connectivity index (χ1n) is 5.50. The van der Waals surface area contributed by atoms with Crippen LogP contribution in [0.3, 0.4) is 0 Å². The molecule has 1 atom stereocenters. The number of hydrogen-bond acceptors (Lipinski definition) is 5. The highest BCUT2D eigenvalue weighted by atomic mass is 16.5. The first-order chi connectivity index (χ1) is 8.01. The maximum atomic E-state index is 12.1. The molecule has 1 aromatic heterocycles. The minimum absolute atomic E-state index is 0.0630. The largest absolute Gasteiger partial charge is 0.480 e. The molecule has 0 spiro atoms. The molecule has 0 saturated carbocycles. The Bertz CT molecular complexity index is 405. The van der Waals surface area contributed by atoms with Gasteiger partial charge in [-0.1, -0.05) is 20.8 Å². The van der Waals surface area contributed by atoms with E-state index in [0.29, 0.717) is 5.88 Å². The summed E-state index contributed by atoms with van der Waals surface area (Å²) in [5, 5.41) is 0. The lowest BCUT2D eigenvalue weighted by Gasteiger charge is -2.14. The molecule has 94 valence electrons. The predicted molar refractivity (Wildman–Crippen MR) is 63.5 cm³/mol. The summed E-state index contributed by atoms with van der Waals surface area (Å²) >= 11 is 0. The molecular weight excluding hydrogens is 220 g/mol. The van der Waals surface area contributed by atoms with Gasteiger partial charge in [-0.2, -0.15) is 4.98 Å². The van der Waals surface area contributed by atoms with Crippen LogP contribution in [-0.2, 0) is 0 Å². The fraction of sp³-hybridized carbons (Fsp3) is 0.583. The number of ether oxygens (including phenoxy) is 2. The van der Waals surface area contributed by atoms with Crippen LogP contribution in [0.2, 0.25) is 0 Å². The Morgan fingerprint density at radius 2 is 1.88 bits per heavy atom. The standard InChI is InChI=1S/C12H18N2O3/c1-7(2)8(3)11(15)10-12(17-5)14-9(16-4)6-13-10/h6-8H,1-5H3. The number of carbonyl (C=O) groups is 1. The van der Waals surface area contributed by atoms with Gasteiger partial charge in [0.25, 0.3) is 0 Å². The average molecular weight is 238 g/mol. The van der Waals surface area contributed by atoms with E-state index < -0.39 is 0 Å². The normalized spacial score (nSPS) is 12.4. The van der Waals surface area contributed by atoms with Gasteiger partial charge in [-0.25, -0.2) is 4.98 Å². The van der Waals surface area contributed by atoms with E-state index in [9.17, 15) is 4.79 Å². The van der Waals surface area contributed by atoms with Crippen LogP contribution in [0.4, 0.5) is 0 Å². The van der Waals surface area contributed by atoms with Crippen LogP contribution in [0.5, 0.6) is 11.8 Å². The zero-order chi connectivity index (χ0) is 13.0. The SMILES string of the molecule is COc1cnc(C(=O)C(C)C(C)C)c(OC)n1. The third-order valence-electron chi connectivity index (χ3n) is 2.77. The fourth-order valence-electron chi connectivity index (χ4n) is 1.28. The summed E-state index contributed by atoms with van der Waals surface area (Å²) in [7, 11) is 2.95. The molecule has 0 fully saturated rings. The third kappa shape index (κ3) is 2.93. The van der Waals surface area contributed by atoms with Gasteiger partial charge in [0.2, 0.25) is 11.8 Å². The summed E-state index contributed by atoms with van der Waals surface area (Å²) in [4.78, 5) is 20.2. The second-order valence-electron chi connectivity index (χ2n) is 4.17. The van der Waals surface area contributed by atoms with Crippen molar-refractivity contribution in [1.29, 1.82) is 0 Å². The minimum Gasteiger partial charge on any atom is -0.480 e. The molecule has 0 aromatic carbocycles. The van der Waals surface area contributed by atoms with Crippen molar-refractivity contribution < 1.29 is 14.3 Å². The summed E-state index contributed by atoms with van der Waals surface area (Å²) in [6.07, 6.45) is 1.42. The Labute approximate surface area is 101 Å². The predicted octanol–water partition coefficient (Wildman–Crippen LogP) is 1.97. The molecule has 0 saturated heterocycles. The van der Waals surface area contributed by atoms with Crippen LogP contribution in [0.15, 0.2) is 6.20 Å². The van der Waals surface area contributed by atoms with Gasteiger partial charge in [-0.3, -0.25) is 4.79 Å². The fourth-order valence-corrected chi connectivity index (χ4v) is 1.28. The van der Waals surface area contributed by atoms with Crippen LogP contribution in [-0.4, -0.2) is 30.0 Å². The lowest BCUT2D eigenvalue weighted by molar-refractivity contribution is 0.0890. The molecule has 0 radical (unpaired) electrons. The van der Waals surface area contributed by atoms with E-state index in [4.69, 9.17) is 9.47 Å². The van der Waals surface area contributed by atoms with E-state index in [0.717, 1.165) is 0 Å². The summed E-state index contributed by atoms with van der Waals surface area (Å²) in [6.45, 7) is 5.86. The second kappa shape index (κ2) is 5.61. The maximum Gasteiger partial charge on any atom is 0.246 e. The van der Waals surface area contributed by atoms with Crippen molar-refractivity contribution in [2.45, 2.75) is 20.8 Å². The quantitative estimate of drug-likeness (QED) is 0.734. The smallest absolute Gasteiger partial charge is 0.246 e. The highest BCUT2D eigenvalue weighted by Crippen LogP contribution is 2.22. The molecule has 0 aliphatic rings. The van der Waals surface area contributed by atoms with Crippen LogP contribution >= 0.6 is 0 Å². The van der Waals surface area contributed by atoms with Crippen molar-refractivity contribution in [3.8, 4) is 11.8 Å². The van der Waals surface area contributed by atoms with Crippen molar-refractivity contribution in [2.75, 3.05) is 14.2 Å². The van der Waals surface area contributed by atoms with Crippen LogP contribution in [0.1, 0.15) is 31.3 Å². The van der Waals surface area contributed by atoms with Gasteiger partial charge < -0.3 is 9.47 Å². The average Bonchev–Trinajstić information content (AvgIpc) is 2.35. The summed E-state index contributed by atoms with van der Waals surface area (Å²) in [5.74, 6) is 0.604. The molecule has 1 aromatic rings. The molecule has 5 heteroatoms. The first kappa shape index (κ1) is 13.4. The second-order valence-corrected chi connectivity index (χ2v) is 4.17. The Hall–Kier alpha value is -1.65. The van der Waals surface area contributed by atoms with Gasteiger partial charge in [0.15, 0.2) is 11.5 Å². The number of ketones is 1. The van der Waals surface area contributed by atoms with E-state index in [1.54, 1.807) is 0 Å². The molecule has 0 bridgehead atoms. The van der Waals surface area contributed by atoms with E-state index in [2.05, 4.69) is 9.97 Å². The molecule has 1 heterocycles. The monoisotopic (exact) mass is 238 g/mol. The van der Waals surface area contributed by atoms with Crippen molar-refractivity contribution in [3.05, 3.63) is 11.9 Å². The number of rotatable bonds is 5. The first-order valence-corrected chi connectivity index (χ1v) is 5.50. The molecular formula is C12H18N2O3. The zero-order valence-corrected chi connectivity index (χ0v) is 10.9. The Morgan fingerprint density at radius 1 is 1.24 bits per heavy atom. The van der Waals surface area contributed by atoms with Crippen LogP contribution < -0.4 is 9.47 Å². The molecule has 1 unspecified atom stereocenters. The third-order valence-corrected chi connectivity index (χ3v) is 2.77. The molecule has 0 aliphatic carbocycles. The summed E-state index contributed by atoms with van der Waals surface area (Å²) in [6, 6.07) is 0. The lowest BCUT2D eigenvalue weighted by Crippen LogP contribution is -2.19. The topological polar surface area (TPSA) is 61.3 Å². The number of carbonyl (C=O) groups excluding carboxylic acids is 1. The van der Waals surface area contributed by atoms with Crippen LogP contribution in [0, 0.1) is 11.8 Å². The van der Waals surface area contributed by atoms with Gasteiger partial charge in [-0.15, -0.1) is 0 Å². The Morgan fingerprint density at radius 3 is 2.35 bits per heavy atom. The number of nitrogens with zero attached hydrogens (tertiary/aromatic N) is 2. The Balaban J connectivity index is 3.09. The maximum absolute atomic E-state index is 12.1. The van der Waals surface area contributed by atoms with Gasteiger partial charge >= 0.3 is 0 Å².